The molecule has 0 aromatic heterocycles. The summed E-state index contributed by atoms with van der Waals surface area (Å²) < 4.78 is 0. The van der Waals surface area contributed by atoms with E-state index in [1.165, 1.54) is 12.8 Å². The molecule has 3 rings (SSSR count). The van der Waals surface area contributed by atoms with E-state index in [1.807, 2.05) is 11.9 Å². The van der Waals surface area contributed by atoms with Gasteiger partial charge >= 0.3 is 0 Å². The van der Waals surface area contributed by atoms with Crippen molar-refractivity contribution in [2.75, 3.05) is 13.6 Å². The average Bonchev–Trinajstić information content (AvgIpc) is 2.66. The fraction of sp³-hybridized carbons (Fsp3) is 0.889. The molecule has 3 heterocycles. The number of likely N-dealkylation sites (tertiary alicyclic amines) is 1. The maximum atomic E-state index is 11.7. The first-order valence-electron chi connectivity index (χ1n) is 4.68. The van der Waals surface area contributed by atoms with Crippen LogP contribution in [0.25, 0.3) is 0 Å². The van der Waals surface area contributed by atoms with Gasteiger partial charge in [-0.25, -0.2) is 0 Å². The third-order valence-corrected chi connectivity index (χ3v) is 5.38. The first kappa shape index (κ1) is 7.25. The van der Waals surface area contributed by atoms with Gasteiger partial charge in [-0.2, -0.15) is 11.8 Å². The summed E-state index contributed by atoms with van der Waals surface area (Å²) >= 11 is 2.08. The van der Waals surface area contributed by atoms with E-state index in [2.05, 4.69) is 11.8 Å². The summed E-state index contributed by atoms with van der Waals surface area (Å²) in [5.74, 6) is 1.52. The highest BCUT2D eigenvalue weighted by Gasteiger charge is 2.55. The molecule has 3 fully saturated rings. The van der Waals surface area contributed by atoms with Crippen molar-refractivity contribution in [3.8, 4) is 0 Å². The van der Waals surface area contributed by atoms with Crippen molar-refractivity contribution in [3.63, 3.8) is 0 Å². The van der Waals surface area contributed by atoms with Crippen molar-refractivity contribution in [2.45, 2.75) is 23.3 Å². The van der Waals surface area contributed by atoms with Crippen LogP contribution in [0.2, 0.25) is 0 Å². The minimum atomic E-state index is 0.402. The quantitative estimate of drug-likeness (QED) is 0.557. The van der Waals surface area contributed by atoms with E-state index in [4.69, 9.17) is 0 Å². The molecular formula is C9H13NOS. The Balaban J connectivity index is 1.95. The van der Waals surface area contributed by atoms with E-state index >= 15 is 0 Å². The Morgan fingerprint density at radius 1 is 1.42 bits per heavy atom. The lowest BCUT2D eigenvalue weighted by Gasteiger charge is -2.18. The first-order valence-corrected chi connectivity index (χ1v) is 5.62. The van der Waals surface area contributed by atoms with Crippen molar-refractivity contribution in [2.24, 2.45) is 11.8 Å². The van der Waals surface area contributed by atoms with Crippen molar-refractivity contribution < 1.29 is 4.79 Å². The maximum absolute atomic E-state index is 11.7. The van der Waals surface area contributed by atoms with Crippen LogP contribution in [-0.4, -0.2) is 34.9 Å². The molecule has 0 N–H and O–H groups in total. The van der Waals surface area contributed by atoms with Crippen molar-refractivity contribution >= 4 is 17.7 Å². The van der Waals surface area contributed by atoms with Crippen LogP contribution in [-0.2, 0) is 4.79 Å². The molecule has 3 aliphatic heterocycles. The summed E-state index contributed by atoms with van der Waals surface area (Å²) in [7, 11) is 1.95. The predicted octanol–water partition coefficient (Wildman–Crippen LogP) is 0.969. The fourth-order valence-corrected chi connectivity index (χ4v) is 4.95. The van der Waals surface area contributed by atoms with Crippen molar-refractivity contribution in [1.29, 1.82) is 0 Å². The zero-order valence-corrected chi connectivity index (χ0v) is 8.01. The lowest BCUT2D eigenvalue weighted by molar-refractivity contribution is -0.130. The van der Waals surface area contributed by atoms with Crippen LogP contribution in [0.4, 0.5) is 0 Å². The van der Waals surface area contributed by atoms with Crippen LogP contribution < -0.4 is 0 Å². The Morgan fingerprint density at radius 2 is 2.17 bits per heavy atom. The van der Waals surface area contributed by atoms with Crippen LogP contribution in [0, 0.1) is 11.8 Å². The van der Waals surface area contributed by atoms with E-state index in [9.17, 15) is 4.79 Å². The van der Waals surface area contributed by atoms with Gasteiger partial charge in [0.2, 0.25) is 5.91 Å². The van der Waals surface area contributed by atoms with Gasteiger partial charge in [-0.15, -0.1) is 0 Å². The van der Waals surface area contributed by atoms with Gasteiger partial charge in [0, 0.05) is 30.0 Å². The predicted molar refractivity (Wildman–Crippen MR) is 49.0 cm³/mol. The molecular weight excluding hydrogens is 170 g/mol. The van der Waals surface area contributed by atoms with Crippen LogP contribution in [0.1, 0.15) is 12.8 Å². The molecule has 12 heavy (non-hydrogen) atoms. The van der Waals surface area contributed by atoms with Gasteiger partial charge in [-0.3, -0.25) is 4.79 Å². The third-order valence-electron chi connectivity index (χ3n) is 3.57. The van der Waals surface area contributed by atoms with Gasteiger partial charge in [0.05, 0.1) is 5.92 Å². The largest absolute Gasteiger partial charge is 0.345 e. The van der Waals surface area contributed by atoms with E-state index < -0.39 is 0 Å². The van der Waals surface area contributed by atoms with Crippen LogP contribution >= 0.6 is 11.8 Å². The molecule has 0 aromatic carbocycles. The van der Waals surface area contributed by atoms with Gasteiger partial charge in [-0.1, -0.05) is 0 Å². The number of carbonyl (C=O) groups excluding carboxylic acids is 1. The standard InChI is InChI=1S/C9H13NOS/c1-10-4-5-6-2-3-7(12-6)8(5)9(10)11/h5-8H,2-4H2,1H3. The summed E-state index contributed by atoms with van der Waals surface area (Å²) in [6, 6.07) is 0. The molecule has 0 aliphatic carbocycles. The Bertz CT molecular complexity index is 243. The zero-order chi connectivity index (χ0) is 8.29. The minimum absolute atomic E-state index is 0.402. The molecule has 2 nitrogen and oxygen atoms in total. The Kier molecular flexibility index (Phi) is 1.32. The third kappa shape index (κ3) is 0.709. The number of hydrogen-bond acceptors (Lipinski definition) is 2. The number of thioether (sulfide) groups is 1. The minimum Gasteiger partial charge on any atom is -0.345 e. The molecule has 0 radical (unpaired) electrons. The monoisotopic (exact) mass is 183 g/mol. The molecule has 3 heteroatoms. The molecule has 1 amide bonds. The molecule has 4 atom stereocenters. The van der Waals surface area contributed by atoms with E-state index in [0.29, 0.717) is 23.0 Å². The summed E-state index contributed by atoms with van der Waals surface area (Å²) in [5.41, 5.74) is 0. The van der Waals surface area contributed by atoms with E-state index in [0.717, 1.165) is 11.8 Å². The molecule has 0 aromatic rings. The van der Waals surface area contributed by atoms with Gasteiger partial charge in [-0.05, 0) is 12.8 Å². The highest BCUT2D eigenvalue weighted by molar-refractivity contribution is 8.01. The Morgan fingerprint density at radius 3 is 2.92 bits per heavy atom. The maximum Gasteiger partial charge on any atom is 0.226 e. The van der Waals surface area contributed by atoms with Crippen LogP contribution in [0.5, 0.6) is 0 Å². The molecule has 0 saturated carbocycles. The lowest BCUT2D eigenvalue weighted by atomic mass is 9.81. The SMILES string of the molecule is CN1CC2C3CCC(S3)C2C1=O. The normalized spacial score (nSPS) is 50.4. The van der Waals surface area contributed by atoms with Crippen LogP contribution in [0.3, 0.4) is 0 Å². The summed E-state index contributed by atoms with van der Waals surface area (Å²) in [4.78, 5) is 13.6. The smallest absolute Gasteiger partial charge is 0.226 e. The Labute approximate surface area is 76.7 Å². The van der Waals surface area contributed by atoms with E-state index in [1.54, 1.807) is 0 Å². The van der Waals surface area contributed by atoms with Crippen molar-refractivity contribution in [3.05, 3.63) is 0 Å². The number of rotatable bonds is 0. The molecule has 3 aliphatic rings. The molecule has 2 bridgehead atoms. The number of hydrogen-bond donors (Lipinski definition) is 0. The molecule has 4 unspecified atom stereocenters. The molecule has 3 saturated heterocycles. The number of fused-ring (bicyclic) bond motifs is 5. The first-order chi connectivity index (χ1) is 5.77. The number of amides is 1. The zero-order valence-electron chi connectivity index (χ0n) is 7.19. The lowest BCUT2D eigenvalue weighted by Crippen LogP contribution is -2.28. The second kappa shape index (κ2) is 2.19. The highest BCUT2D eigenvalue weighted by atomic mass is 32.2. The molecule has 0 spiro atoms. The van der Waals surface area contributed by atoms with Crippen molar-refractivity contribution in [1.82, 2.24) is 4.90 Å². The summed E-state index contributed by atoms with van der Waals surface area (Å²) in [5, 5.41) is 1.49. The fourth-order valence-electron chi connectivity index (χ4n) is 3.01. The average molecular weight is 183 g/mol. The Hall–Kier alpha value is -0.180. The van der Waals surface area contributed by atoms with Gasteiger partial charge in [0.1, 0.15) is 0 Å². The van der Waals surface area contributed by atoms with Crippen LogP contribution in [0.15, 0.2) is 0 Å². The highest BCUT2D eigenvalue weighted by Crippen LogP contribution is 2.55. The molecule has 66 valence electrons. The second-order valence-corrected chi connectivity index (χ2v) is 5.68. The number of carbonyl (C=O) groups is 1. The van der Waals surface area contributed by atoms with Gasteiger partial charge in [0.25, 0.3) is 0 Å². The second-order valence-electron chi connectivity index (χ2n) is 4.20. The topological polar surface area (TPSA) is 20.3 Å². The number of nitrogens with zero attached hydrogens (tertiary/aromatic N) is 1. The van der Waals surface area contributed by atoms with Gasteiger partial charge < -0.3 is 4.90 Å². The summed E-state index contributed by atoms with van der Waals surface area (Å²) in [6.07, 6.45) is 2.65. The van der Waals surface area contributed by atoms with E-state index in [-0.39, 0.29) is 0 Å². The summed E-state index contributed by atoms with van der Waals surface area (Å²) in [6.45, 7) is 1.03. The van der Waals surface area contributed by atoms with Gasteiger partial charge in [0.15, 0.2) is 0 Å².